The standard InChI is InChI=1S/C16H22N2O3S/c1-21-11-14(19)17-13-4-5-16(13)6-8-18(9-7-16)15(20)12-3-2-10-22-12/h2-3,10,13H,4-9,11H2,1H3,(H,17,19). The highest BCUT2D eigenvalue weighted by atomic mass is 32.1. The minimum atomic E-state index is -0.0383. The maximum Gasteiger partial charge on any atom is 0.263 e. The monoisotopic (exact) mass is 322 g/mol. The van der Waals surface area contributed by atoms with Gasteiger partial charge in [-0.1, -0.05) is 6.07 Å². The van der Waals surface area contributed by atoms with Gasteiger partial charge in [0, 0.05) is 26.2 Å². The molecule has 1 aromatic heterocycles. The predicted molar refractivity (Wildman–Crippen MR) is 84.9 cm³/mol. The lowest BCUT2D eigenvalue weighted by Crippen LogP contribution is -2.60. The van der Waals surface area contributed by atoms with Gasteiger partial charge >= 0.3 is 0 Å². The van der Waals surface area contributed by atoms with E-state index in [1.54, 1.807) is 0 Å². The van der Waals surface area contributed by atoms with Crippen LogP contribution in [0.5, 0.6) is 0 Å². The molecule has 0 radical (unpaired) electrons. The van der Waals surface area contributed by atoms with Gasteiger partial charge in [-0.25, -0.2) is 0 Å². The van der Waals surface area contributed by atoms with Gasteiger partial charge in [-0.3, -0.25) is 9.59 Å². The molecule has 3 rings (SSSR count). The summed E-state index contributed by atoms with van der Waals surface area (Å²) in [6, 6.07) is 4.04. The molecule has 2 fully saturated rings. The van der Waals surface area contributed by atoms with Gasteiger partial charge in [-0.15, -0.1) is 11.3 Å². The summed E-state index contributed by atoms with van der Waals surface area (Å²) in [5, 5.41) is 5.02. The number of rotatable bonds is 4. The predicted octanol–water partition coefficient (Wildman–Crippen LogP) is 1.90. The molecule has 1 aliphatic carbocycles. The number of amides is 2. The average Bonchev–Trinajstić information content (AvgIpc) is 3.06. The first-order valence-electron chi connectivity index (χ1n) is 7.76. The molecule has 0 aromatic carbocycles. The van der Waals surface area contributed by atoms with Gasteiger partial charge in [0.15, 0.2) is 0 Å². The molecule has 22 heavy (non-hydrogen) atoms. The Hall–Kier alpha value is -1.40. The number of methoxy groups -OCH3 is 1. The fraction of sp³-hybridized carbons (Fsp3) is 0.625. The summed E-state index contributed by atoms with van der Waals surface area (Å²) in [6.07, 6.45) is 4.13. The van der Waals surface area contributed by atoms with Gasteiger partial charge in [-0.2, -0.15) is 0 Å². The maximum atomic E-state index is 12.4. The van der Waals surface area contributed by atoms with Crippen molar-refractivity contribution in [2.24, 2.45) is 5.41 Å². The largest absolute Gasteiger partial charge is 0.375 e. The lowest BCUT2D eigenvalue weighted by atomic mass is 9.59. The van der Waals surface area contributed by atoms with E-state index < -0.39 is 0 Å². The van der Waals surface area contributed by atoms with Crippen molar-refractivity contribution >= 4 is 23.2 Å². The van der Waals surface area contributed by atoms with E-state index in [0.717, 1.165) is 43.6 Å². The smallest absolute Gasteiger partial charge is 0.263 e. The molecular formula is C16H22N2O3S. The molecule has 1 saturated heterocycles. The third-order valence-electron chi connectivity index (χ3n) is 5.06. The van der Waals surface area contributed by atoms with E-state index in [1.165, 1.54) is 18.4 Å². The van der Waals surface area contributed by atoms with Gasteiger partial charge in [0.2, 0.25) is 5.91 Å². The first-order valence-corrected chi connectivity index (χ1v) is 8.64. The number of nitrogens with one attached hydrogen (secondary N) is 1. The van der Waals surface area contributed by atoms with Crippen LogP contribution in [0.3, 0.4) is 0 Å². The number of carbonyl (C=O) groups excluding carboxylic acids is 2. The highest BCUT2D eigenvalue weighted by Crippen LogP contribution is 2.49. The fourth-order valence-electron chi connectivity index (χ4n) is 3.60. The molecule has 120 valence electrons. The molecule has 0 bridgehead atoms. The van der Waals surface area contributed by atoms with Crippen LogP contribution in [0.25, 0.3) is 0 Å². The Bertz CT molecular complexity index is 536. The van der Waals surface area contributed by atoms with Crippen LogP contribution in [0.15, 0.2) is 17.5 Å². The molecule has 1 spiro atoms. The summed E-state index contributed by atoms with van der Waals surface area (Å²) in [5.74, 6) is 0.104. The third kappa shape index (κ3) is 2.90. The second-order valence-corrected chi connectivity index (χ2v) is 7.17. The van der Waals surface area contributed by atoms with Crippen LogP contribution < -0.4 is 5.32 Å². The zero-order valence-electron chi connectivity index (χ0n) is 12.8. The molecule has 1 atom stereocenters. The first kappa shape index (κ1) is 15.5. The van der Waals surface area contributed by atoms with E-state index in [1.807, 2.05) is 22.4 Å². The summed E-state index contributed by atoms with van der Waals surface area (Å²) in [6.45, 7) is 1.69. The molecule has 5 nitrogen and oxygen atoms in total. The zero-order chi connectivity index (χ0) is 15.6. The molecular weight excluding hydrogens is 300 g/mol. The van der Waals surface area contributed by atoms with Crippen LogP contribution >= 0.6 is 11.3 Å². The van der Waals surface area contributed by atoms with E-state index >= 15 is 0 Å². The minimum absolute atomic E-state index is 0.0383. The Morgan fingerprint density at radius 2 is 2.18 bits per heavy atom. The second kappa shape index (κ2) is 6.38. The highest BCUT2D eigenvalue weighted by Gasteiger charge is 2.49. The van der Waals surface area contributed by atoms with E-state index in [4.69, 9.17) is 4.74 Å². The van der Waals surface area contributed by atoms with Gasteiger partial charge in [0.25, 0.3) is 5.91 Å². The molecule has 6 heteroatoms. The van der Waals surface area contributed by atoms with Gasteiger partial charge in [0.05, 0.1) is 4.88 Å². The summed E-state index contributed by atoms with van der Waals surface area (Å²) in [7, 11) is 1.53. The second-order valence-electron chi connectivity index (χ2n) is 6.22. The van der Waals surface area contributed by atoms with Gasteiger partial charge in [-0.05, 0) is 42.5 Å². The Labute approximate surface area is 134 Å². The highest BCUT2D eigenvalue weighted by molar-refractivity contribution is 7.12. The Morgan fingerprint density at radius 3 is 2.73 bits per heavy atom. The third-order valence-corrected chi connectivity index (χ3v) is 5.92. The molecule has 1 N–H and O–H groups in total. The summed E-state index contributed by atoms with van der Waals surface area (Å²) >= 11 is 1.50. The van der Waals surface area contributed by atoms with Crippen LogP contribution in [0.1, 0.15) is 35.4 Å². The van der Waals surface area contributed by atoms with Crippen LogP contribution in [-0.4, -0.2) is 49.6 Å². The summed E-state index contributed by atoms with van der Waals surface area (Å²) in [5.41, 5.74) is 0.190. The van der Waals surface area contributed by atoms with Crippen molar-refractivity contribution < 1.29 is 14.3 Å². The average molecular weight is 322 g/mol. The molecule has 2 heterocycles. The number of hydrogen-bond acceptors (Lipinski definition) is 4. The lowest BCUT2D eigenvalue weighted by Gasteiger charge is -2.54. The van der Waals surface area contributed by atoms with Crippen molar-refractivity contribution in [2.75, 3.05) is 26.8 Å². The topological polar surface area (TPSA) is 58.6 Å². The van der Waals surface area contributed by atoms with Gasteiger partial charge in [0.1, 0.15) is 6.61 Å². The van der Waals surface area contributed by atoms with Crippen molar-refractivity contribution in [2.45, 2.75) is 31.7 Å². The Kier molecular flexibility index (Phi) is 4.49. The van der Waals surface area contributed by atoms with Crippen LogP contribution in [0.4, 0.5) is 0 Å². The lowest BCUT2D eigenvalue weighted by molar-refractivity contribution is -0.129. The summed E-state index contributed by atoms with van der Waals surface area (Å²) in [4.78, 5) is 26.8. The van der Waals surface area contributed by atoms with Crippen molar-refractivity contribution in [3.05, 3.63) is 22.4 Å². The van der Waals surface area contributed by atoms with Crippen molar-refractivity contribution in [3.63, 3.8) is 0 Å². The SMILES string of the molecule is COCC(=O)NC1CCC12CCN(C(=O)c1cccs1)CC2. The number of nitrogens with zero attached hydrogens (tertiary/aromatic N) is 1. The zero-order valence-corrected chi connectivity index (χ0v) is 13.7. The van der Waals surface area contributed by atoms with Crippen molar-refractivity contribution in [3.8, 4) is 0 Å². The molecule has 2 aliphatic rings. The van der Waals surface area contributed by atoms with Crippen molar-refractivity contribution in [1.29, 1.82) is 0 Å². The van der Waals surface area contributed by atoms with Gasteiger partial charge < -0.3 is 15.0 Å². The van der Waals surface area contributed by atoms with E-state index in [2.05, 4.69) is 5.32 Å². The molecule has 1 aliphatic heterocycles. The molecule has 1 aromatic rings. The molecule has 1 saturated carbocycles. The number of thiophene rings is 1. The number of piperidine rings is 1. The summed E-state index contributed by atoms with van der Waals surface area (Å²) < 4.78 is 4.87. The molecule has 2 amide bonds. The van der Waals surface area contributed by atoms with E-state index in [-0.39, 0.29) is 29.9 Å². The number of likely N-dealkylation sites (tertiary alicyclic amines) is 1. The Morgan fingerprint density at radius 1 is 1.41 bits per heavy atom. The Balaban J connectivity index is 1.55. The number of carbonyl (C=O) groups is 2. The number of hydrogen-bond donors (Lipinski definition) is 1. The minimum Gasteiger partial charge on any atom is -0.375 e. The van der Waals surface area contributed by atoms with E-state index in [0.29, 0.717) is 0 Å². The first-order chi connectivity index (χ1) is 10.6. The fourth-order valence-corrected chi connectivity index (χ4v) is 4.29. The maximum absolute atomic E-state index is 12.4. The molecule has 1 unspecified atom stereocenters. The quantitative estimate of drug-likeness (QED) is 0.921. The number of ether oxygens (including phenoxy) is 1. The van der Waals surface area contributed by atoms with Crippen LogP contribution in [0.2, 0.25) is 0 Å². The van der Waals surface area contributed by atoms with E-state index in [9.17, 15) is 9.59 Å². The van der Waals surface area contributed by atoms with Crippen LogP contribution in [-0.2, 0) is 9.53 Å². The van der Waals surface area contributed by atoms with Crippen LogP contribution in [0, 0.1) is 5.41 Å². The normalized spacial score (nSPS) is 23.1. The van der Waals surface area contributed by atoms with Crippen molar-refractivity contribution in [1.82, 2.24) is 10.2 Å².